The standard InChI is InChI=1S/C25H23N3/c1-18-16-22(19-10-4-2-5-11-19)26-23(17-18)25-27-21-14-8-9-15-24(21)28(25)20-12-6-3-7-13-20/h2,4-6,8-15,17-18H,3,7,16H2,1H3. The number of hydrogen-bond acceptors (Lipinski definition) is 2. The average molecular weight is 365 g/mol. The topological polar surface area (TPSA) is 30.2 Å². The second-order valence-corrected chi connectivity index (χ2v) is 7.53. The highest BCUT2D eigenvalue weighted by Gasteiger charge is 2.22. The van der Waals surface area contributed by atoms with E-state index in [1.807, 2.05) is 12.1 Å². The Morgan fingerprint density at radius 1 is 0.964 bits per heavy atom. The molecule has 3 heteroatoms. The first-order chi connectivity index (χ1) is 13.8. The normalized spacial score (nSPS) is 19.3. The maximum Gasteiger partial charge on any atom is 0.164 e. The average Bonchev–Trinajstić information content (AvgIpc) is 3.14. The van der Waals surface area contributed by atoms with Crippen LogP contribution in [0.2, 0.25) is 0 Å². The van der Waals surface area contributed by atoms with Crippen molar-refractivity contribution in [3.63, 3.8) is 0 Å². The Labute approximate surface area is 165 Å². The maximum atomic E-state index is 5.07. The van der Waals surface area contributed by atoms with Crippen LogP contribution in [0.4, 0.5) is 0 Å². The summed E-state index contributed by atoms with van der Waals surface area (Å²) in [5, 5.41) is 0. The van der Waals surface area contributed by atoms with Crippen molar-refractivity contribution in [1.29, 1.82) is 0 Å². The molecule has 0 N–H and O–H groups in total. The Kier molecular flexibility index (Phi) is 4.28. The van der Waals surface area contributed by atoms with Crippen LogP contribution in [-0.4, -0.2) is 15.3 Å². The second kappa shape index (κ2) is 7.08. The lowest BCUT2D eigenvalue weighted by molar-refractivity contribution is 0.757. The molecule has 0 radical (unpaired) electrons. The van der Waals surface area contributed by atoms with E-state index in [9.17, 15) is 0 Å². The molecule has 2 aliphatic rings. The molecule has 138 valence electrons. The molecule has 0 amide bonds. The number of aliphatic imine (C=N–C) groups is 1. The quantitative estimate of drug-likeness (QED) is 0.552. The zero-order valence-electron chi connectivity index (χ0n) is 16.0. The first-order valence-corrected chi connectivity index (χ1v) is 9.99. The van der Waals surface area contributed by atoms with Gasteiger partial charge in [-0.2, -0.15) is 0 Å². The Bertz CT molecular complexity index is 1140. The summed E-state index contributed by atoms with van der Waals surface area (Å²) in [7, 11) is 0. The molecule has 1 atom stereocenters. The summed E-state index contributed by atoms with van der Waals surface area (Å²) < 4.78 is 2.26. The minimum absolute atomic E-state index is 0.423. The lowest BCUT2D eigenvalue weighted by atomic mass is 9.95. The molecule has 5 rings (SSSR count). The van der Waals surface area contributed by atoms with Crippen molar-refractivity contribution in [3.05, 3.63) is 90.3 Å². The number of fused-ring (bicyclic) bond motifs is 1. The van der Waals surface area contributed by atoms with Gasteiger partial charge in [0.05, 0.1) is 11.0 Å². The summed E-state index contributed by atoms with van der Waals surface area (Å²) in [5.74, 6) is 1.35. The lowest BCUT2D eigenvalue weighted by Crippen LogP contribution is -2.13. The predicted molar refractivity (Wildman–Crippen MR) is 117 cm³/mol. The van der Waals surface area contributed by atoms with Crippen LogP contribution in [0.25, 0.3) is 22.4 Å². The number of para-hydroxylation sites is 2. The molecule has 1 aliphatic heterocycles. The second-order valence-electron chi connectivity index (χ2n) is 7.53. The van der Waals surface area contributed by atoms with Crippen LogP contribution in [0.1, 0.15) is 37.6 Å². The molecular formula is C25H23N3. The van der Waals surface area contributed by atoms with Gasteiger partial charge in [-0.25, -0.2) is 9.98 Å². The Hall–Kier alpha value is -3.20. The van der Waals surface area contributed by atoms with Crippen LogP contribution in [-0.2, 0) is 0 Å². The molecule has 3 nitrogen and oxygen atoms in total. The van der Waals surface area contributed by atoms with E-state index < -0.39 is 0 Å². The first kappa shape index (κ1) is 16.9. The Morgan fingerprint density at radius 3 is 2.61 bits per heavy atom. The fourth-order valence-corrected chi connectivity index (χ4v) is 4.02. The van der Waals surface area contributed by atoms with Gasteiger partial charge < -0.3 is 0 Å². The molecule has 2 heterocycles. The summed E-state index contributed by atoms with van der Waals surface area (Å²) in [5.41, 5.74) is 6.62. The highest BCUT2D eigenvalue weighted by Crippen LogP contribution is 2.32. The van der Waals surface area contributed by atoms with Crippen molar-refractivity contribution in [2.75, 3.05) is 0 Å². The Morgan fingerprint density at radius 2 is 1.79 bits per heavy atom. The van der Waals surface area contributed by atoms with E-state index in [0.29, 0.717) is 5.92 Å². The van der Waals surface area contributed by atoms with E-state index in [4.69, 9.17) is 9.98 Å². The van der Waals surface area contributed by atoms with Crippen molar-refractivity contribution in [3.8, 4) is 0 Å². The van der Waals surface area contributed by atoms with Crippen molar-refractivity contribution in [2.45, 2.75) is 26.2 Å². The van der Waals surface area contributed by atoms with Crippen molar-refractivity contribution >= 4 is 28.1 Å². The third kappa shape index (κ3) is 3.03. The van der Waals surface area contributed by atoms with Crippen LogP contribution < -0.4 is 0 Å². The first-order valence-electron chi connectivity index (χ1n) is 9.99. The molecule has 1 aliphatic carbocycles. The van der Waals surface area contributed by atoms with Crippen LogP contribution in [0, 0.1) is 5.92 Å². The summed E-state index contributed by atoms with van der Waals surface area (Å²) in [6.45, 7) is 2.25. The highest BCUT2D eigenvalue weighted by atomic mass is 15.1. The van der Waals surface area contributed by atoms with E-state index in [-0.39, 0.29) is 0 Å². The number of aromatic nitrogens is 2. The van der Waals surface area contributed by atoms with E-state index >= 15 is 0 Å². The molecule has 28 heavy (non-hydrogen) atoms. The zero-order valence-corrected chi connectivity index (χ0v) is 16.0. The van der Waals surface area contributed by atoms with Crippen molar-refractivity contribution < 1.29 is 0 Å². The third-order valence-corrected chi connectivity index (χ3v) is 5.34. The zero-order chi connectivity index (χ0) is 18.9. The van der Waals surface area contributed by atoms with Gasteiger partial charge >= 0.3 is 0 Å². The Balaban J connectivity index is 1.69. The van der Waals surface area contributed by atoms with Gasteiger partial charge in [-0.15, -0.1) is 0 Å². The molecule has 0 spiro atoms. The van der Waals surface area contributed by atoms with Gasteiger partial charge in [0.2, 0.25) is 0 Å². The number of benzene rings is 2. The molecule has 0 saturated carbocycles. The van der Waals surface area contributed by atoms with Crippen LogP contribution in [0.5, 0.6) is 0 Å². The van der Waals surface area contributed by atoms with E-state index in [0.717, 1.165) is 47.5 Å². The number of nitrogens with zero attached hydrogens (tertiary/aromatic N) is 3. The van der Waals surface area contributed by atoms with Gasteiger partial charge in [0.1, 0.15) is 5.70 Å². The van der Waals surface area contributed by atoms with E-state index in [2.05, 4.69) is 78.3 Å². The summed E-state index contributed by atoms with van der Waals surface area (Å²) in [6, 6.07) is 18.8. The van der Waals surface area contributed by atoms with Crippen LogP contribution in [0.3, 0.4) is 0 Å². The number of rotatable bonds is 3. The predicted octanol–water partition coefficient (Wildman–Crippen LogP) is 6.10. The molecule has 1 unspecified atom stereocenters. The largest absolute Gasteiger partial charge is 0.291 e. The van der Waals surface area contributed by atoms with Gasteiger partial charge in [-0.1, -0.05) is 67.6 Å². The molecule has 0 bridgehead atoms. The minimum Gasteiger partial charge on any atom is -0.291 e. The summed E-state index contributed by atoms with van der Waals surface area (Å²) in [4.78, 5) is 10.1. The number of hydrogen-bond donors (Lipinski definition) is 0. The number of imidazole rings is 1. The van der Waals surface area contributed by atoms with Gasteiger partial charge in [0.15, 0.2) is 5.82 Å². The van der Waals surface area contributed by atoms with E-state index in [1.54, 1.807) is 0 Å². The summed E-state index contributed by atoms with van der Waals surface area (Å²) >= 11 is 0. The maximum absolute atomic E-state index is 5.07. The fraction of sp³-hybridized carbons (Fsp3) is 0.200. The third-order valence-electron chi connectivity index (χ3n) is 5.34. The molecule has 0 fully saturated rings. The molecule has 0 saturated heterocycles. The summed E-state index contributed by atoms with van der Waals surface area (Å²) in [6.07, 6.45) is 12.1. The van der Waals surface area contributed by atoms with Crippen LogP contribution in [0.15, 0.2) is 83.9 Å². The highest BCUT2D eigenvalue weighted by molar-refractivity contribution is 6.05. The van der Waals surface area contributed by atoms with Crippen LogP contribution >= 0.6 is 0 Å². The van der Waals surface area contributed by atoms with Gasteiger partial charge in [0, 0.05) is 11.4 Å². The fourth-order valence-electron chi connectivity index (χ4n) is 4.02. The lowest BCUT2D eigenvalue weighted by Gasteiger charge is -2.19. The molecule has 1 aromatic heterocycles. The molecule has 2 aromatic carbocycles. The van der Waals surface area contributed by atoms with Gasteiger partial charge in [0.25, 0.3) is 0 Å². The SMILES string of the molecule is CC1C=C(c2nc3ccccc3n2C2=CCCC=C2)N=C(c2ccccc2)C1. The van der Waals surface area contributed by atoms with Gasteiger partial charge in [-0.05, 0) is 49.0 Å². The monoisotopic (exact) mass is 365 g/mol. The number of allylic oxidation sites excluding steroid dienone is 5. The van der Waals surface area contributed by atoms with Gasteiger partial charge in [-0.3, -0.25) is 4.57 Å². The smallest absolute Gasteiger partial charge is 0.164 e. The minimum atomic E-state index is 0.423. The molecule has 3 aromatic rings. The van der Waals surface area contributed by atoms with Crippen molar-refractivity contribution in [1.82, 2.24) is 9.55 Å². The van der Waals surface area contributed by atoms with E-state index in [1.165, 1.54) is 11.3 Å². The van der Waals surface area contributed by atoms with Crippen molar-refractivity contribution in [2.24, 2.45) is 10.9 Å². The molecular weight excluding hydrogens is 342 g/mol.